The molecule has 0 aliphatic carbocycles. The molecule has 0 aromatic rings. The Kier molecular flexibility index (Phi) is 4.74. The van der Waals surface area contributed by atoms with Crippen molar-refractivity contribution in [3.63, 3.8) is 0 Å². The fraction of sp³-hybridized carbons (Fsp3) is 0.778. The molecule has 1 fully saturated rings. The Morgan fingerprint density at radius 3 is 2.53 bits per heavy atom. The number of carboxylic acid groups (broad SMARTS) is 1. The molecule has 6 heteroatoms. The molecule has 1 aliphatic heterocycles. The van der Waals surface area contributed by atoms with E-state index in [1.165, 1.54) is 4.90 Å². The summed E-state index contributed by atoms with van der Waals surface area (Å²) in [4.78, 5) is 25.4. The number of carboxylic acids is 1. The average molecular weight is 232 g/mol. The summed E-state index contributed by atoms with van der Waals surface area (Å²) in [6, 6.07) is -0.0587. The van der Waals surface area contributed by atoms with Gasteiger partial charge in [-0.1, -0.05) is 0 Å². The maximum Gasteiger partial charge on any atom is 0.319 e. The van der Waals surface area contributed by atoms with Gasteiger partial charge in [0.2, 0.25) is 0 Å². The lowest BCUT2D eigenvalue weighted by molar-refractivity contribution is -0.137. The Morgan fingerprint density at radius 1 is 1.40 bits per heavy atom. The molecule has 86 valence electrons. The number of hydrogen-bond donors (Lipinski definition) is 1. The fourth-order valence-corrected chi connectivity index (χ4v) is 2.26. The van der Waals surface area contributed by atoms with E-state index in [2.05, 4.69) is 0 Å². The van der Waals surface area contributed by atoms with E-state index in [0.29, 0.717) is 0 Å². The molecule has 1 N–H and O–H groups in total. The lowest BCUT2D eigenvalue weighted by Gasteiger charge is -2.30. The minimum atomic E-state index is -0.871. The molecule has 0 bridgehead atoms. The predicted octanol–water partition coefficient (Wildman–Crippen LogP) is 0.562. The van der Waals surface area contributed by atoms with Gasteiger partial charge in [-0.2, -0.15) is 11.8 Å². The second kappa shape index (κ2) is 5.85. The van der Waals surface area contributed by atoms with E-state index < -0.39 is 5.97 Å². The second-order valence-corrected chi connectivity index (χ2v) is 4.67. The summed E-state index contributed by atoms with van der Waals surface area (Å²) in [7, 11) is 1.65. The van der Waals surface area contributed by atoms with Crippen LogP contribution in [0.15, 0.2) is 0 Å². The van der Waals surface area contributed by atoms with Gasteiger partial charge in [0.25, 0.3) is 0 Å². The highest BCUT2D eigenvalue weighted by Gasteiger charge is 2.20. The maximum absolute atomic E-state index is 11.8. The Balaban J connectivity index is 2.33. The molecule has 0 unspecified atom stereocenters. The molecule has 0 spiro atoms. The normalized spacial score (nSPS) is 16.2. The van der Waals surface area contributed by atoms with E-state index in [4.69, 9.17) is 5.11 Å². The Morgan fingerprint density at radius 2 is 2.00 bits per heavy atom. The number of amides is 2. The van der Waals surface area contributed by atoms with Gasteiger partial charge in [0, 0.05) is 38.2 Å². The number of aliphatic carboxylic acids is 1. The van der Waals surface area contributed by atoms with Gasteiger partial charge in [-0.3, -0.25) is 4.79 Å². The molecular formula is C9H16N2O3S. The Labute approximate surface area is 93.4 Å². The van der Waals surface area contributed by atoms with E-state index >= 15 is 0 Å². The van der Waals surface area contributed by atoms with Gasteiger partial charge in [0.1, 0.15) is 0 Å². The minimum Gasteiger partial charge on any atom is -0.481 e. The topological polar surface area (TPSA) is 60.9 Å². The third-order valence-electron chi connectivity index (χ3n) is 2.27. The molecule has 0 aromatic carbocycles. The van der Waals surface area contributed by atoms with Gasteiger partial charge in [0.05, 0.1) is 6.42 Å². The fourth-order valence-electron chi connectivity index (χ4n) is 1.36. The Hall–Kier alpha value is -0.910. The lowest BCUT2D eigenvalue weighted by atomic mass is 10.4. The van der Waals surface area contributed by atoms with Crippen LogP contribution in [0.1, 0.15) is 6.42 Å². The molecule has 1 aliphatic rings. The monoisotopic (exact) mass is 232 g/mol. The third-order valence-corrected chi connectivity index (χ3v) is 3.21. The summed E-state index contributed by atoms with van der Waals surface area (Å²) < 4.78 is 0. The molecule has 2 amide bonds. The van der Waals surface area contributed by atoms with Crippen LogP contribution in [0.4, 0.5) is 4.79 Å². The quantitative estimate of drug-likeness (QED) is 0.772. The van der Waals surface area contributed by atoms with Crippen LogP contribution in [0, 0.1) is 0 Å². The van der Waals surface area contributed by atoms with E-state index in [0.717, 1.165) is 24.6 Å². The molecule has 0 saturated carbocycles. The lowest BCUT2D eigenvalue weighted by Crippen LogP contribution is -2.45. The number of urea groups is 1. The summed E-state index contributed by atoms with van der Waals surface area (Å²) >= 11 is 1.84. The van der Waals surface area contributed by atoms with E-state index in [9.17, 15) is 9.59 Å². The second-order valence-electron chi connectivity index (χ2n) is 3.45. The number of thioether (sulfide) groups is 1. The van der Waals surface area contributed by atoms with Crippen LogP contribution in [-0.4, -0.2) is 65.1 Å². The van der Waals surface area contributed by atoms with Crippen LogP contribution in [0.2, 0.25) is 0 Å². The third kappa shape index (κ3) is 3.99. The molecule has 1 saturated heterocycles. The highest BCUT2D eigenvalue weighted by atomic mass is 32.2. The number of nitrogens with zero attached hydrogens (tertiary/aromatic N) is 2. The van der Waals surface area contributed by atoms with E-state index in [1.807, 2.05) is 11.8 Å². The van der Waals surface area contributed by atoms with Crippen LogP contribution in [-0.2, 0) is 4.79 Å². The first kappa shape index (κ1) is 12.2. The van der Waals surface area contributed by atoms with E-state index in [1.54, 1.807) is 11.9 Å². The zero-order chi connectivity index (χ0) is 11.3. The van der Waals surface area contributed by atoms with E-state index in [-0.39, 0.29) is 19.0 Å². The highest BCUT2D eigenvalue weighted by Crippen LogP contribution is 2.10. The molecule has 0 atom stereocenters. The minimum absolute atomic E-state index is 0.00479. The summed E-state index contributed by atoms with van der Waals surface area (Å²) in [6.45, 7) is 1.81. The first-order valence-electron chi connectivity index (χ1n) is 4.91. The van der Waals surface area contributed by atoms with Crippen molar-refractivity contribution >= 4 is 23.8 Å². The van der Waals surface area contributed by atoms with Crippen LogP contribution < -0.4 is 0 Å². The highest BCUT2D eigenvalue weighted by molar-refractivity contribution is 7.99. The molecule has 1 heterocycles. The average Bonchev–Trinajstić information content (AvgIpc) is 2.26. The Bertz CT molecular complexity index is 242. The first-order chi connectivity index (χ1) is 7.11. The number of hydrogen-bond acceptors (Lipinski definition) is 3. The number of rotatable bonds is 3. The SMILES string of the molecule is CN(CCC(=O)O)C(=O)N1CCSCC1. The first-order valence-corrected chi connectivity index (χ1v) is 6.06. The van der Waals surface area contributed by atoms with Gasteiger partial charge < -0.3 is 14.9 Å². The van der Waals surface area contributed by atoms with Crippen molar-refractivity contribution in [3.05, 3.63) is 0 Å². The number of carbonyl (C=O) groups is 2. The van der Waals surface area contributed by atoms with Crippen molar-refractivity contribution in [1.82, 2.24) is 9.80 Å². The summed E-state index contributed by atoms with van der Waals surface area (Å²) in [5, 5.41) is 8.50. The van der Waals surface area contributed by atoms with Crippen molar-refractivity contribution < 1.29 is 14.7 Å². The molecule has 0 radical (unpaired) electrons. The van der Waals surface area contributed by atoms with Crippen LogP contribution in [0.5, 0.6) is 0 Å². The zero-order valence-corrected chi connectivity index (χ0v) is 9.63. The van der Waals surface area contributed by atoms with Crippen molar-refractivity contribution in [3.8, 4) is 0 Å². The summed E-state index contributed by atoms with van der Waals surface area (Å²) in [6.07, 6.45) is 0.00479. The smallest absolute Gasteiger partial charge is 0.319 e. The van der Waals surface area contributed by atoms with Crippen molar-refractivity contribution in [2.45, 2.75) is 6.42 Å². The molecular weight excluding hydrogens is 216 g/mol. The van der Waals surface area contributed by atoms with Crippen LogP contribution in [0.25, 0.3) is 0 Å². The largest absolute Gasteiger partial charge is 0.481 e. The summed E-state index contributed by atoms with van der Waals surface area (Å²) in [5.74, 6) is 1.07. The van der Waals surface area contributed by atoms with Crippen molar-refractivity contribution in [2.24, 2.45) is 0 Å². The molecule has 1 rings (SSSR count). The number of carbonyl (C=O) groups excluding carboxylic acids is 1. The van der Waals surface area contributed by atoms with Crippen molar-refractivity contribution in [1.29, 1.82) is 0 Å². The molecule has 15 heavy (non-hydrogen) atoms. The standard InChI is InChI=1S/C9H16N2O3S/c1-10(3-2-8(12)13)9(14)11-4-6-15-7-5-11/h2-7H2,1H3,(H,12,13). The van der Waals surface area contributed by atoms with Crippen LogP contribution >= 0.6 is 11.8 Å². The van der Waals surface area contributed by atoms with Crippen LogP contribution in [0.3, 0.4) is 0 Å². The van der Waals surface area contributed by atoms with Gasteiger partial charge in [-0.05, 0) is 0 Å². The maximum atomic E-state index is 11.8. The van der Waals surface area contributed by atoms with Gasteiger partial charge >= 0.3 is 12.0 Å². The molecule has 0 aromatic heterocycles. The zero-order valence-electron chi connectivity index (χ0n) is 8.81. The van der Waals surface area contributed by atoms with Gasteiger partial charge in [-0.25, -0.2) is 4.79 Å². The van der Waals surface area contributed by atoms with Crippen molar-refractivity contribution in [2.75, 3.05) is 38.2 Å². The summed E-state index contributed by atoms with van der Waals surface area (Å²) in [5.41, 5.74) is 0. The predicted molar refractivity (Wildman–Crippen MR) is 59.2 cm³/mol. The van der Waals surface area contributed by atoms with Gasteiger partial charge in [0.15, 0.2) is 0 Å². The molecule has 5 nitrogen and oxygen atoms in total. The van der Waals surface area contributed by atoms with Gasteiger partial charge in [-0.15, -0.1) is 0 Å².